The Hall–Kier alpha value is -3.65. The first-order valence-corrected chi connectivity index (χ1v) is 16.3. The molecule has 1 aliphatic rings. The summed E-state index contributed by atoms with van der Waals surface area (Å²) in [6.45, 7) is 7.52. The number of benzene rings is 3. The zero-order valence-electron chi connectivity index (χ0n) is 25.2. The molecular formula is C34H43N3O4S. The first-order valence-electron chi connectivity index (χ1n) is 14.9. The van der Waals surface area contributed by atoms with Crippen LogP contribution in [0.4, 0.5) is 5.69 Å². The van der Waals surface area contributed by atoms with Crippen LogP contribution >= 0.6 is 0 Å². The number of aryl methyl sites for hydroxylation is 3. The minimum Gasteiger partial charge on any atom is -0.352 e. The fraction of sp³-hybridized carbons (Fsp3) is 0.412. The van der Waals surface area contributed by atoms with Gasteiger partial charge in [-0.3, -0.25) is 13.9 Å². The summed E-state index contributed by atoms with van der Waals surface area (Å²) in [6.07, 6.45) is 5.61. The van der Waals surface area contributed by atoms with Crippen LogP contribution in [0.1, 0.15) is 67.7 Å². The number of anilines is 1. The van der Waals surface area contributed by atoms with E-state index in [1.54, 1.807) is 35.2 Å². The van der Waals surface area contributed by atoms with E-state index in [0.717, 1.165) is 47.9 Å². The summed E-state index contributed by atoms with van der Waals surface area (Å²) < 4.78 is 29.2. The van der Waals surface area contributed by atoms with E-state index in [2.05, 4.69) is 5.32 Å². The van der Waals surface area contributed by atoms with Crippen LogP contribution in [0, 0.1) is 20.8 Å². The van der Waals surface area contributed by atoms with Gasteiger partial charge in [-0.2, -0.15) is 0 Å². The average molecular weight is 590 g/mol. The molecule has 1 unspecified atom stereocenters. The SMILES string of the molecule is CCC(C(=O)NC1CCCCC1)N(Cc1ccccc1C)C(=O)CN(c1ccc(C)c(C)c1)S(=O)(=O)c1ccccc1. The fourth-order valence-corrected chi connectivity index (χ4v) is 6.99. The highest BCUT2D eigenvalue weighted by Crippen LogP contribution is 2.27. The molecule has 4 rings (SSSR count). The largest absolute Gasteiger partial charge is 0.352 e. The Labute approximate surface area is 251 Å². The number of hydrogen-bond acceptors (Lipinski definition) is 4. The lowest BCUT2D eigenvalue weighted by atomic mass is 9.95. The smallest absolute Gasteiger partial charge is 0.264 e. The molecule has 1 fully saturated rings. The third kappa shape index (κ3) is 7.40. The molecule has 42 heavy (non-hydrogen) atoms. The fourth-order valence-electron chi connectivity index (χ4n) is 5.56. The number of amides is 2. The maximum absolute atomic E-state index is 14.3. The number of carbonyl (C=O) groups excluding carboxylic acids is 2. The number of rotatable bonds is 11. The monoisotopic (exact) mass is 589 g/mol. The Kier molecular flexibility index (Phi) is 10.4. The van der Waals surface area contributed by atoms with E-state index in [9.17, 15) is 18.0 Å². The van der Waals surface area contributed by atoms with Crippen molar-refractivity contribution in [2.24, 2.45) is 0 Å². The minimum absolute atomic E-state index is 0.0983. The summed E-state index contributed by atoms with van der Waals surface area (Å²) in [6, 6.07) is 20.7. The van der Waals surface area contributed by atoms with Crippen molar-refractivity contribution < 1.29 is 18.0 Å². The second-order valence-corrected chi connectivity index (χ2v) is 13.2. The molecule has 0 radical (unpaired) electrons. The van der Waals surface area contributed by atoms with Gasteiger partial charge in [-0.05, 0) is 86.6 Å². The molecule has 1 saturated carbocycles. The van der Waals surface area contributed by atoms with E-state index in [1.165, 1.54) is 22.9 Å². The first-order chi connectivity index (χ1) is 20.1. The Morgan fingerprint density at radius 1 is 0.857 bits per heavy atom. The van der Waals surface area contributed by atoms with Gasteiger partial charge in [0, 0.05) is 12.6 Å². The van der Waals surface area contributed by atoms with E-state index in [4.69, 9.17) is 0 Å². The molecule has 3 aromatic carbocycles. The van der Waals surface area contributed by atoms with Crippen molar-refractivity contribution in [3.05, 3.63) is 95.1 Å². The maximum Gasteiger partial charge on any atom is 0.264 e. The molecule has 7 nitrogen and oxygen atoms in total. The molecule has 1 N–H and O–H groups in total. The Morgan fingerprint density at radius 3 is 2.17 bits per heavy atom. The van der Waals surface area contributed by atoms with Gasteiger partial charge in [0.1, 0.15) is 12.6 Å². The van der Waals surface area contributed by atoms with E-state index in [0.29, 0.717) is 12.1 Å². The highest BCUT2D eigenvalue weighted by atomic mass is 32.2. The minimum atomic E-state index is -4.08. The van der Waals surface area contributed by atoms with E-state index >= 15 is 0 Å². The molecule has 0 heterocycles. The van der Waals surface area contributed by atoms with Crippen molar-refractivity contribution in [3.8, 4) is 0 Å². The zero-order valence-corrected chi connectivity index (χ0v) is 26.0. The molecule has 0 bridgehead atoms. The van der Waals surface area contributed by atoms with Crippen molar-refractivity contribution in [2.45, 2.75) is 89.7 Å². The van der Waals surface area contributed by atoms with Gasteiger partial charge < -0.3 is 10.2 Å². The number of carbonyl (C=O) groups is 2. The number of nitrogens with one attached hydrogen (secondary N) is 1. The van der Waals surface area contributed by atoms with Gasteiger partial charge in [0.05, 0.1) is 10.6 Å². The van der Waals surface area contributed by atoms with E-state index in [-0.39, 0.29) is 23.4 Å². The summed E-state index contributed by atoms with van der Waals surface area (Å²) in [5.41, 5.74) is 4.27. The molecule has 0 aliphatic heterocycles. The van der Waals surface area contributed by atoms with Crippen LogP contribution in [-0.4, -0.2) is 43.8 Å². The molecule has 0 saturated heterocycles. The van der Waals surface area contributed by atoms with Gasteiger partial charge in [-0.15, -0.1) is 0 Å². The third-order valence-electron chi connectivity index (χ3n) is 8.33. The van der Waals surface area contributed by atoms with Crippen molar-refractivity contribution in [3.63, 3.8) is 0 Å². The summed E-state index contributed by atoms with van der Waals surface area (Å²) >= 11 is 0. The van der Waals surface area contributed by atoms with Gasteiger partial charge in [0.2, 0.25) is 11.8 Å². The van der Waals surface area contributed by atoms with Gasteiger partial charge in [-0.1, -0.05) is 74.7 Å². The van der Waals surface area contributed by atoms with Gasteiger partial charge >= 0.3 is 0 Å². The van der Waals surface area contributed by atoms with E-state index in [1.807, 2.05) is 58.0 Å². The molecule has 2 amide bonds. The van der Waals surface area contributed by atoms with Gasteiger partial charge in [0.15, 0.2) is 0 Å². The molecule has 3 aromatic rings. The van der Waals surface area contributed by atoms with Crippen molar-refractivity contribution >= 4 is 27.5 Å². The summed E-state index contributed by atoms with van der Waals surface area (Å²) in [5, 5.41) is 3.20. The Morgan fingerprint density at radius 2 is 1.52 bits per heavy atom. The summed E-state index contributed by atoms with van der Waals surface area (Å²) in [4.78, 5) is 29.7. The number of sulfonamides is 1. The van der Waals surface area contributed by atoms with Crippen LogP contribution in [0.5, 0.6) is 0 Å². The van der Waals surface area contributed by atoms with Crippen LogP contribution in [0.3, 0.4) is 0 Å². The Bertz CT molecular complexity index is 1480. The topological polar surface area (TPSA) is 86.8 Å². The molecule has 0 spiro atoms. The van der Waals surface area contributed by atoms with Crippen LogP contribution in [0.15, 0.2) is 77.7 Å². The van der Waals surface area contributed by atoms with Crippen LogP contribution < -0.4 is 9.62 Å². The lowest BCUT2D eigenvalue weighted by molar-refractivity contribution is -0.140. The number of hydrogen-bond donors (Lipinski definition) is 1. The maximum atomic E-state index is 14.3. The van der Waals surface area contributed by atoms with Crippen molar-refractivity contribution in [1.29, 1.82) is 0 Å². The second-order valence-electron chi connectivity index (χ2n) is 11.3. The van der Waals surface area contributed by atoms with Crippen molar-refractivity contribution in [1.82, 2.24) is 10.2 Å². The highest BCUT2D eigenvalue weighted by molar-refractivity contribution is 7.92. The van der Waals surface area contributed by atoms with Gasteiger partial charge in [-0.25, -0.2) is 8.42 Å². The van der Waals surface area contributed by atoms with Crippen LogP contribution in [0.25, 0.3) is 0 Å². The molecule has 8 heteroatoms. The third-order valence-corrected chi connectivity index (χ3v) is 10.1. The molecule has 1 atom stereocenters. The predicted molar refractivity (Wildman–Crippen MR) is 168 cm³/mol. The second kappa shape index (κ2) is 14.0. The quantitative estimate of drug-likeness (QED) is 0.294. The summed E-state index contributed by atoms with van der Waals surface area (Å²) in [5.74, 6) is -0.614. The normalized spacial score (nSPS) is 14.7. The van der Waals surface area contributed by atoms with E-state index < -0.39 is 28.5 Å². The van der Waals surface area contributed by atoms with Crippen molar-refractivity contribution in [2.75, 3.05) is 10.8 Å². The summed E-state index contributed by atoms with van der Waals surface area (Å²) in [7, 11) is -4.08. The predicted octanol–water partition coefficient (Wildman–Crippen LogP) is 6.06. The zero-order chi connectivity index (χ0) is 30.3. The Balaban J connectivity index is 1.72. The number of nitrogens with zero attached hydrogens (tertiary/aromatic N) is 2. The molecule has 0 aromatic heterocycles. The molecule has 1 aliphatic carbocycles. The lowest BCUT2D eigenvalue weighted by Crippen LogP contribution is -2.54. The van der Waals surface area contributed by atoms with Crippen LogP contribution in [-0.2, 0) is 26.2 Å². The first kappa shape index (κ1) is 31.3. The highest BCUT2D eigenvalue weighted by Gasteiger charge is 2.34. The van der Waals surface area contributed by atoms with Crippen LogP contribution in [0.2, 0.25) is 0 Å². The molecule has 224 valence electrons. The average Bonchev–Trinajstić information content (AvgIpc) is 2.99. The molecular weight excluding hydrogens is 546 g/mol. The standard InChI is InChI=1S/C34H43N3O4S/c1-5-32(34(39)35-29-16-8-6-9-17-29)36(23-28-15-13-12-14-26(28)3)33(38)24-37(30-21-20-25(2)27(4)22-30)42(40,41)31-18-10-7-11-19-31/h7,10-15,18-22,29,32H,5-6,8-9,16-17,23-24H2,1-4H3,(H,35,39). The van der Waals surface area contributed by atoms with Gasteiger partial charge in [0.25, 0.3) is 10.0 Å². The lowest BCUT2D eigenvalue weighted by Gasteiger charge is -2.35.